The van der Waals surface area contributed by atoms with Crippen molar-refractivity contribution in [2.24, 2.45) is 5.92 Å². The molecular weight excluding hydrogens is 272 g/mol. The number of anilines is 2. The molecular formula is C11H11BrN2O2. The van der Waals surface area contributed by atoms with Crippen LogP contribution in [0.4, 0.5) is 11.4 Å². The predicted octanol–water partition coefficient (Wildman–Crippen LogP) is 1.93. The zero-order valence-corrected chi connectivity index (χ0v) is 10.3. The van der Waals surface area contributed by atoms with Crippen LogP contribution in [0, 0.1) is 5.92 Å². The smallest absolute Gasteiger partial charge is 0.237 e. The Morgan fingerprint density at radius 1 is 1.44 bits per heavy atom. The number of hydrogen-bond acceptors (Lipinski definition) is 3. The van der Waals surface area contributed by atoms with Crippen LogP contribution < -0.4 is 10.6 Å². The second-order valence-electron chi connectivity index (χ2n) is 3.88. The van der Waals surface area contributed by atoms with Gasteiger partial charge in [0.1, 0.15) is 0 Å². The van der Waals surface area contributed by atoms with Crippen molar-refractivity contribution in [3.63, 3.8) is 0 Å². The van der Waals surface area contributed by atoms with Crippen LogP contribution in [0.2, 0.25) is 0 Å². The van der Waals surface area contributed by atoms with Gasteiger partial charge in [0.25, 0.3) is 0 Å². The molecule has 0 saturated carbocycles. The molecule has 0 radical (unpaired) electrons. The zero-order chi connectivity index (χ0) is 11.9. The molecule has 0 aromatic heterocycles. The SMILES string of the molecule is CC1CC(=O)N(c2ccc(N)c(Br)c2)C1=O. The van der Waals surface area contributed by atoms with Crippen molar-refractivity contribution in [1.29, 1.82) is 0 Å². The number of rotatable bonds is 1. The molecule has 84 valence electrons. The molecule has 1 unspecified atom stereocenters. The van der Waals surface area contributed by atoms with Crippen molar-refractivity contribution in [2.75, 3.05) is 10.6 Å². The molecule has 4 nitrogen and oxygen atoms in total. The Labute approximate surface area is 102 Å². The van der Waals surface area contributed by atoms with E-state index in [1.54, 1.807) is 25.1 Å². The molecule has 0 spiro atoms. The quantitative estimate of drug-likeness (QED) is 0.632. The summed E-state index contributed by atoms with van der Waals surface area (Å²) in [5.74, 6) is -0.542. The van der Waals surface area contributed by atoms with Crippen LogP contribution in [0.15, 0.2) is 22.7 Å². The van der Waals surface area contributed by atoms with Gasteiger partial charge in [-0.1, -0.05) is 6.92 Å². The van der Waals surface area contributed by atoms with Crippen LogP contribution in [0.25, 0.3) is 0 Å². The van der Waals surface area contributed by atoms with Crippen LogP contribution >= 0.6 is 15.9 Å². The minimum Gasteiger partial charge on any atom is -0.398 e. The fourth-order valence-electron chi connectivity index (χ4n) is 1.71. The van der Waals surface area contributed by atoms with Gasteiger partial charge in [0.15, 0.2) is 0 Å². The van der Waals surface area contributed by atoms with Crippen LogP contribution in [0.1, 0.15) is 13.3 Å². The maximum atomic E-state index is 11.8. The van der Waals surface area contributed by atoms with E-state index >= 15 is 0 Å². The third-order valence-electron chi connectivity index (χ3n) is 2.61. The summed E-state index contributed by atoms with van der Waals surface area (Å²) in [6.07, 6.45) is 0.279. The lowest BCUT2D eigenvalue weighted by atomic mass is 10.1. The van der Waals surface area contributed by atoms with Crippen molar-refractivity contribution >= 4 is 39.1 Å². The Kier molecular flexibility index (Phi) is 2.71. The summed E-state index contributed by atoms with van der Waals surface area (Å²) in [6, 6.07) is 5.03. The average Bonchev–Trinajstić information content (AvgIpc) is 2.47. The summed E-state index contributed by atoms with van der Waals surface area (Å²) in [5, 5.41) is 0. The van der Waals surface area contributed by atoms with Crippen LogP contribution in [-0.2, 0) is 9.59 Å². The first kappa shape index (κ1) is 11.1. The maximum absolute atomic E-state index is 11.8. The largest absolute Gasteiger partial charge is 0.398 e. The van der Waals surface area contributed by atoms with E-state index in [4.69, 9.17) is 5.73 Å². The normalized spacial score (nSPS) is 20.6. The highest BCUT2D eigenvalue weighted by atomic mass is 79.9. The predicted molar refractivity (Wildman–Crippen MR) is 64.8 cm³/mol. The molecule has 2 amide bonds. The van der Waals surface area contributed by atoms with Crippen molar-refractivity contribution in [2.45, 2.75) is 13.3 Å². The Balaban J connectivity index is 2.41. The molecule has 1 atom stereocenters. The first-order valence-corrected chi connectivity index (χ1v) is 5.72. The fraction of sp³-hybridized carbons (Fsp3) is 0.273. The van der Waals surface area contributed by atoms with Gasteiger partial charge in [-0.3, -0.25) is 14.5 Å². The number of nitrogen functional groups attached to an aromatic ring is 1. The minimum atomic E-state index is -0.233. The van der Waals surface area contributed by atoms with E-state index in [0.717, 1.165) is 0 Å². The molecule has 16 heavy (non-hydrogen) atoms. The van der Waals surface area contributed by atoms with Crippen molar-refractivity contribution in [3.8, 4) is 0 Å². The molecule has 5 heteroatoms. The number of nitrogens with zero attached hydrogens (tertiary/aromatic N) is 1. The highest BCUT2D eigenvalue weighted by molar-refractivity contribution is 9.10. The van der Waals surface area contributed by atoms with Gasteiger partial charge in [-0.15, -0.1) is 0 Å². The van der Waals surface area contributed by atoms with E-state index < -0.39 is 0 Å². The van der Waals surface area contributed by atoms with Gasteiger partial charge in [0.05, 0.1) is 5.69 Å². The molecule has 1 aliphatic heterocycles. The number of imide groups is 1. The van der Waals surface area contributed by atoms with E-state index in [0.29, 0.717) is 15.8 Å². The summed E-state index contributed by atoms with van der Waals surface area (Å²) >= 11 is 3.27. The number of benzene rings is 1. The standard InChI is InChI=1S/C11H11BrN2O2/c1-6-4-10(15)14(11(6)16)7-2-3-9(13)8(12)5-7/h2-3,5-6H,4,13H2,1H3. The molecule has 1 aromatic rings. The third kappa shape index (κ3) is 1.71. The summed E-state index contributed by atoms with van der Waals surface area (Å²) in [7, 11) is 0. The summed E-state index contributed by atoms with van der Waals surface area (Å²) in [4.78, 5) is 24.6. The number of nitrogens with two attached hydrogens (primary N) is 1. The first-order chi connectivity index (χ1) is 7.50. The average molecular weight is 283 g/mol. The van der Waals surface area contributed by atoms with Gasteiger partial charge < -0.3 is 5.73 Å². The topological polar surface area (TPSA) is 63.4 Å². The lowest BCUT2D eigenvalue weighted by Crippen LogP contribution is -2.29. The van der Waals surface area contributed by atoms with Crippen molar-refractivity contribution in [3.05, 3.63) is 22.7 Å². The highest BCUT2D eigenvalue weighted by Gasteiger charge is 2.36. The molecule has 2 rings (SSSR count). The Morgan fingerprint density at radius 3 is 2.62 bits per heavy atom. The lowest BCUT2D eigenvalue weighted by molar-refractivity contribution is -0.122. The number of hydrogen-bond donors (Lipinski definition) is 1. The molecule has 0 bridgehead atoms. The van der Waals surface area contributed by atoms with Gasteiger partial charge in [-0.25, -0.2) is 0 Å². The van der Waals surface area contributed by atoms with Gasteiger partial charge in [0, 0.05) is 22.5 Å². The third-order valence-corrected chi connectivity index (χ3v) is 3.30. The van der Waals surface area contributed by atoms with Crippen molar-refractivity contribution < 1.29 is 9.59 Å². The van der Waals surface area contributed by atoms with Crippen molar-refractivity contribution in [1.82, 2.24) is 0 Å². The van der Waals surface area contributed by atoms with E-state index in [9.17, 15) is 9.59 Å². The van der Waals surface area contributed by atoms with Gasteiger partial charge in [-0.05, 0) is 34.1 Å². The molecule has 1 heterocycles. The van der Waals surface area contributed by atoms with E-state index in [2.05, 4.69) is 15.9 Å². The molecule has 1 aliphatic rings. The van der Waals surface area contributed by atoms with E-state index in [-0.39, 0.29) is 24.2 Å². The summed E-state index contributed by atoms with van der Waals surface area (Å²) < 4.78 is 0.685. The Morgan fingerprint density at radius 2 is 2.12 bits per heavy atom. The highest BCUT2D eigenvalue weighted by Crippen LogP contribution is 2.30. The minimum absolute atomic E-state index is 0.151. The number of halogens is 1. The Hall–Kier alpha value is -1.36. The Bertz CT molecular complexity index is 473. The van der Waals surface area contributed by atoms with Crippen LogP contribution in [0.3, 0.4) is 0 Å². The summed E-state index contributed by atoms with van der Waals surface area (Å²) in [5.41, 5.74) is 6.80. The monoisotopic (exact) mass is 282 g/mol. The molecule has 1 aromatic carbocycles. The van der Waals surface area contributed by atoms with Gasteiger partial charge in [0.2, 0.25) is 11.8 Å². The molecule has 0 aliphatic carbocycles. The lowest BCUT2D eigenvalue weighted by Gasteiger charge is -2.15. The molecule has 1 saturated heterocycles. The van der Waals surface area contributed by atoms with Crippen LogP contribution in [-0.4, -0.2) is 11.8 Å². The zero-order valence-electron chi connectivity index (χ0n) is 8.74. The number of carbonyl (C=O) groups excluding carboxylic acids is 2. The molecule has 1 fully saturated rings. The second kappa shape index (κ2) is 3.90. The second-order valence-corrected chi connectivity index (χ2v) is 4.73. The van der Waals surface area contributed by atoms with Crippen LogP contribution in [0.5, 0.6) is 0 Å². The van der Waals surface area contributed by atoms with Gasteiger partial charge >= 0.3 is 0 Å². The van der Waals surface area contributed by atoms with E-state index in [1.165, 1.54) is 4.90 Å². The fourth-order valence-corrected chi connectivity index (χ4v) is 2.08. The first-order valence-electron chi connectivity index (χ1n) is 4.92. The number of carbonyl (C=O) groups is 2. The summed E-state index contributed by atoms with van der Waals surface area (Å²) in [6.45, 7) is 1.76. The maximum Gasteiger partial charge on any atom is 0.237 e. The van der Waals surface area contributed by atoms with E-state index in [1.807, 2.05) is 0 Å². The molecule has 2 N–H and O–H groups in total. The number of amides is 2. The van der Waals surface area contributed by atoms with Gasteiger partial charge in [-0.2, -0.15) is 0 Å².